The lowest BCUT2D eigenvalue weighted by molar-refractivity contribution is 0.0604. The Balaban J connectivity index is 1.61. The van der Waals surface area contributed by atoms with E-state index in [4.69, 9.17) is 20.8 Å². The molecule has 0 radical (unpaired) electrons. The number of ether oxygens (including phenoxy) is 1. The summed E-state index contributed by atoms with van der Waals surface area (Å²) < 4.78 is 11.3. The lowest BCUT2D eigenvalue weighted by Crippen LogP contribution is -2.35. The van der Waals surface area contributed by atoms with Crippen molar-refractivity contribution in [3.8, 4) is 5.75 Å². The third kappa shape index (κ3) is 6.41. The van der Waals surface area contributed by atoms with Crippen molar-refractivity contribution in [3.05, 3.63) is 88.3 Å². The molecule has 3 rings (SSSR count). The molecule has 148 valence electrons. The molecular formula is C23H26ClNO3. The van der Waals surface area contributed by atoms with Crippen LogP contribution in [0.5, 0.6) is 5.75 Å². The van der Waals surface area contributed by atoms with Crippen LogP contribution in [0.4, 0.5) is 0 Å². The van der Waals surface area contributed by atoms with Crippen LogP contribution in [0.3, 0.4) is 0 Å². The van der Waals surface area contributed by atoms with Crippen molar-refractivity contribution in [3.63, 3.8) is 0 Å². The molecule has 3 aromatic rings. The molecule has 0 amide bonds. The van der Waals surface area contributed by atoms with Gasteiger partial charge in [-0.3, -0.25) is 4.90 Å². The van der Waals surface area contributed by atoms with E-state index in [1.165, 1.54) is 0 Å². The van der Waals surface area contributed by atoms with Gasteiger partial charge in [0.05, 0.1) is 12.8 Å². The highest BCUT2D eigenvalue weighted by Crippen LogP contribution is 2.17. The predicted octanol–water partition coefficient (Wildman–Crippen LogP) is 4.99. The second-order valence-electron chi connectivity index (χ2n) is 7.16. The van der Waals surface area contributed by atoms with E-state index >= 15 is 0 Å². The summed E-state index contributed by atoms with van der Waals surface area (Å²) in [6.45, 7) is 6.06. The second-order valence-corrected chi connectivity index (χ2v) is 7.60. The Morgan fingerprint density at radius 2 is 1.75 bits per heavy atom. The quantitative estimate of drug-likeness (QED) is 0.550. The maximum absolute atomic E-state index is 10.6. The molecule has 1 atom stereocenters. The van der Waals surface area contributed by atoms with Crippen molar-refractivity contribution in [2.24, 2.45) is 0 Å². The van der Waals surface area contributed by atoms with Gasteiger partial charge in [-0.2, -0.15) is 0 Å². The predicted molar refractivity (Wildman–Crippen MR) is 112 cm³/mol. The summed E-state index contributed by atoms with van der Waals surface area (Å²) in [4.78, 5) is 2.14. The molecule has 28 heavy (non-hydrogen) atoms. The van der Waals surface area contributed by atoms with Crippen LogP contribution >= 0.6 is 11.6 Å². The van der Waals surface area contributed by atoms with E-state index in [0.717, 1.165) is 28.2 Å². The van der Waals surface area contributed by atoms with E-state index in [1.54, 1.807) is 6.26 Å². The SMILES string of the molecule is Cc1cc(C)cc(OCC(O)CN(Cc2ccc(Cl)cc2)Cc2ccco2)c1. The molecule has 0 spiro atoms. The van der Waals surface area contributed by atoms with Gasteiger partial charge in [0.15, 0.2) is 0 Å². The first-order valence-corrected chi connectivity index (χ1v) is 9.74. The van der Waals surface area contributed by atoms with Crippen LogP contribution < -0.4 is 4.74 Å². The zero-order chi connectivity index (χ0) is 19.9. The van der Waals surface area contributed by atoms with Crippen LogP contribution in [0.25, 0.3) is 0 Å². The van der Waals surface area contributed by atoms with E-state index < -0.39 is 6.10 Å². The fourth-order valence-electron chi connectivity index (χ4n) is 3.22. The normalized spacial score (nSPS) is 12.3. The van der Waals surface area contributed by atoms with Crippen molar-refractivity contribution < 1.29 is 14.3 Å². The van der Waals surface area contributed by atoms with Crippen LogP contribution in [-0.2, 0) is 13.1 Å². The van der Waals surface area contributed by atoms with E-state index in [2.05, 4.69) is 11.0 Å². The van der Waals surface area contributed by atoms with Crippen LogP contribution in [-0.4, -0.2) is 29.3 Å². The zero-order valence-electron chi connectivity index (χ0n) is 16.3. The second kappa shape index (κ2) is 9.78. The molecule has 0 saturated carbocycles. The minimum Gasteiger partial charge on any atom is -0.491 e. The number of aliphatic hydroxyl groups excluding tert-OH is 1. The van der Waals surface area contributed by atoms with Gasteiger partial charge >= 0.3 is 0 Å². The van der Waals surface area contributed by atoms with E-state index in [9.17, 15) is 5.11 Å². The maximum Gasteiger partial charge on any atom is 0.119 e. The molecule has 0 aliphatic heterocycles. The zero-order valence-corrected chi connectivity index (χ0v) is 17.0. The standard InChI is InChI=1S/C23H26ClNO3/c1-17-10-18(2)12-23(11-17)28-16-21(26)14-25(15-22-4-3-9-27-22)13-19-5-7-20(24)8-6-19/h3-12,21,26H,13-16H2,1-2H3. The number of aryl methyl sites for hydroxylation is 2. The minimum atomic E-state index is -0.622. The number of nitrogens with zero attached hydrogens (tertiary/aromatic N) is 1. The Kier molecular flexibility index (Phi) is 7.15. The molecule has 0 fully saturated rings. The molecular weight excluding hydrogens is 374 g/mol. The lowest BCUT2D eigenvalue weighted by Gasteiger charge is -2.24. The highest BCUT2D eigenvalue weighted by Gasteiger charge is 2.15. The molecule has 0 aliphatic carbocycles. The number of hydrogen-bond acceptors (Lipinski definition) is 4. The fraction of sp³-hybridized carbons (Fsp3) is 0.304. The highest BCUT2D eigenvalue weighted by molar-refractivity contribution is 6.30. The summed E-state index contributed by atoms with van der Waals surface area (Å²) in [5, 5.41) is 11.3. The summed E-state index contributed by atoms with van der Waals surface area (Å²) in [6, 6.07) is 17.6. The summed E-state index contributed by atoms with van der Waals surface area (Å²) in [6.07, 6.45) is 1.04. The number of aliphatic hydroxyl groups is 1. The Labute approximate surface area is 171 Å². The minimum absolute atomic E-state index is 0.234. The van der Waals surface area contributed by atoms with E-state index in [1.807, 2.05) is 62.4 Å². The molecule has 0 bridgehead atoms. The average molecular weight is 400 g/mol. The van der Waals surface area contributed by atoms with Crippen LogP contribution in [0.1, 0.15) is 22.5 Å². The van der Waals surface area contributed by atoms with Gasteiger partial charge in [0.25, 0.3) is 0 Å². The number of furan rings is 1. The van der Waals surface area contributed by atoms with E-state index in [-0.39, 0.29) is 6.61 Å². The van der Waals surface area contributed by atoms with Crippen molar-refractivity contribution >= 4 is 11.6 Å². The van der Waals surface area contributed by atoms with Gasteiger partial charge in [0, 0.05) is 18.1 Å². The Morgan fingerprint density at radius 3 is 2.39 bits per heavy atom. The van der Waals surface area contributed by atoms with Crippen molar-refractivity contribution in [2.45, 2.75) is 33.0 Å². The van der Waals surface area contributed by atoms with Gasteiger partial charge in [-0.05, 0) is 66.9 Å². The maximum atomic E-state index is 10.6. The molecule has 2 aromatic carbocycles. The first-order valence-electron chi connectivity index (χ1n) is 9.36. The largest absolute Gasteiger partial charge is 0.491 e. The molecule has 1 aromatic heterocycles. The Hall–Kier alpha value is -2.27. The molecule has 0 aliphatic rings. The molecule has 0 saturated heterocycles. The molecule has 1 N–H and O–H groups in total. The highest BCUT2D eigenvalue weighted by atomic mass is 35.5. The topological polar surface area (TPSA) is 45.8 Å². The van der Waals surface area contributed by atoms with Crippen molar-refractivity contribution in [1.29, 1.82) is 0 Å². The van der Waals surface area contributed by atoms with Crippen molar-refractivity contribution in [2.75, 3.05) is 13.2 Å². The summed E-state index contributed by atoms with van der Waals surface area (Å²) in [5.41, 5.74) is 3.41. The smallest absolute Gasteiger partial charge is 0.119 e. The number of hydrogen-bond donors (Lipinski definition) is 1. The monoisotopic (exact) mass is 399 g/mol. The molecule has 4 nitrogen and oxygen atoms in total. The number of benzene rings is 2. The fourth-order valence-corrected chi connectivity index (χ4v) is 3.34. The third-order valence-corrected chi connectivity index (χ3v) is 4.64. The summed E-state index contributed by atoms with van der Waals surface area (Å²) >= 11 is 5.98. The number of rotatable bonds is 9. The van der Waals surface area contributed by atoms with Gasteiger partial charge < -0.3 is 14.3 Å². The van der Waals surface area contributed by atoms with Gasteiger partial charge in [-0.25, -0.2) is 0 Å². The van der Waals surface area contributed by atoms with Gasteiger partial charge in [-0.1, -0.05) is 29.8 Å². The molecule has 5 heteroatoms. The number of halogens is 1. The van der Waals surface area contributed by atoms with Gasteiger partial charge in [0.2, 0.25) is 0 Å². The van der Waals surface area contributed by atoms with Crippen LogP contribution in [0.2, 0.25) is 5.02 Å². The first-order chi connectivity index (χ1) is 13.5. The average Bonchev–Trinajstić information content (AvgIpc) is 3.14. The van der Waals surface area contributed by atoms with Crippen molar-refractivity contribution in [1.82, 2.24) is 4.90 Å². The molecule has 1 unspecified atom stereocenters. The van der Waals surface area contributed by atoms with Gasteiger partial charge in [0.1, 0.15) is 24.2 Å². The van der Waals surface area contributed by atoms with Crippen LogP contribution in [0.15, 0.2) is 65.3 Å². The summed E-state index contributed by atoms with van der Waals surface area (Å²) in [7, 11) is 0. The lowest BCUT2D eigenvalue weighted by atomic mass is 10.1. The van der Waals surface area contributed by atoms with Gasteiger partial charge in [-0.15, -0.1) is 0 Å². The molecule has 1 heterocycles. The summed E-state index contributed by atoms with van der Waals surface area (Å²) in [5.74, 6) is 1.64. The Morgan fingerprint density at radius 1 is 1.04 bits per heavy atom. The Bertz CT molecular complexity index is 842. The van der Waals surface area contributed by atoms with E-state index in [0.29, 0.717) is 24.7 Å². The first kappa shape index (κ1) is 20.5. The third-order valence-electron chi connectivity index (χ3n) is 4.39. The van der Waals surface area contributed by atoms with Crippen LogP contribution in [0, 0.1) is 13.8 Å².